The molecule has 1 aliphatic rings. The molecule has 0 radical (unpaired) electrons. The van der Waals surface area contributed by atoms with Gasteiger partial charge in [0.2, 0.25) is 10.0 Å². The molecule has 17 heavy (non-hydrogen) atoms. The first kappa shape index (κ1) is 14.4. The van der Waals surface area contributed by atoms with E-state index in [0.717, 1.165) is 0 Å². The molecule has 8 heteroatoms. The largest absolute Gasteiger partial charge is 0.480 e. The van der Waals surface area contributed by atoms with E-state index in [1.165, 1.54) is 0 Å². The quantitative estimate of drug-likeness (QED) is 0.560. The zero-order chi connectivity index (χ0) is 12.9. The van der Waals surface area contributed by atoms with Crippen molar-refractivity contribution in [3.05, 3.63) is 0 Å². The van der Waals surface area contributed by atoms with Crippen LogP contribution >= 0.6 is 0 Å². The van der Waals surface area contributed by atoms with Crippen molar-refractivity contribution >= 4 is 16.0 Å². The Labute approximate surface area is 100 Å². The molecule has 1 rings (SSSR count). The molecule has 7 nitrogen and oxygen atoms in total. The standard InChI is InChI=1S/C9H18N2O5S/c10-8(9(12)13)3-6-17(14,15)11-7-1-4-16-5-2-7/h7-8,11H,1-6,10H2,(H,12,13)/t8-/m0/s1. The summed E-state index contributed by atoms with van der Waals surface area (Å²) in [5.41, 5.74) is 5.25. The number of hydrogen-bond acceptors (Lipinski definition) is 5. The molecule has 1 saturated heterocycles. The number of rotatable bonds is 6. The van der Waals surface area contributed by atoms with Crippen LogP contribution in [0.1, 0.15) is 19.3 Å². The molecule has 0 saturated carbocycles. The number of nitrogens with two attached hydrogens (primary N) is 1. The molecule has 0 aliphatic carbocycles. The van der Waals surface area contributed by atoms with Crippen LogP contribution in [-0.4, -0.2) is 50.5 Å². The Kier molecular flexibility index (Phi) is 5.31. The number of ether oxygens (including phenoxy) is 1. The van der Waals surface area contributed by atoms with Crippen molar-refractivity contribution < 1.29 is 23.1 Å². The van der Waals surface area contributed by atoms with Crippen LogP contribution in [0, 0.1) is 0 Å². The summed E-state index contributed by atoms with van der Waals surface area (Å²) in [5.74, 6) is -1.45. The minimum atomic E-state index is -3.46. The fourth-order valence-corrected chi connectivity index (χ4v) is 2.96. The van der Waals surface area contributed by atoms with Crippen molar-refractivity contribution in [3.63, 3.8) is 0 Å². The topological polar surface area (TPSA) is 119 Å². The van der Waals surface area contributed by atoms with Crippen molar-refractivity contribution in [1.82, 2.24) is 4.72 Å². The van der Waals surface area contributed by atoms with Crippen molar-refractivity contribution in [2.45, 2.75) is 31.3 Å². The highest BCUT2D eigenvalue weighted by atomic mass is 32.2. The van der Waals surface area contributed by atoms with E-state index in [1.807, 2.05) is 0 Å². The maximum atomic E-state index is 11.6. The smallest absolute Gasteiger partial charge is 0.320 e. The van der Waals surface area contributed by atoms with Crippen molar-refractivity contribution in [2.24, 2.45) is 5.73 Å². The predicted molar refractivity (Wildman–Crippen MR) is 61.0 cm³/mol. The van der Waals surface area contributed by atoms with E-state index in [4.69, 9.17) is 15.6 Å². The van der Waals surface area contributed by atoms with Gasteiger partial charge in [0.25, 0.3) is 0 Å². The zero-order valence-corrected chi connectivity index (χ0v) is 10.3. The molecular weight excluding hydrogens is 248 g/mol. The second-order valence-corrected chi connectivity index (χ2v) is 5.93. The molecule has 0 amide bonds. The maximum Gasteiger partial charge on any atom is 0.320 e. The predicted octanol–water partition coefficient (Wildman–Crippen LogP) is -1.11. The number of hydrogen-bond donors (Lipinski definition) is 3. The summed E-state index contributed by atoms with van der Waals surface area (Å²) in [4.78, 5) is 10.4. The van der Waals surface area contributed by atoms with Crippen LogP contribution < -0.4 is 10.5 Å². The molecule has 100 valence electrons. The molecule has 0 spiro atoms. The van der Waals surface area contributed by atoms with E-state index in [1.54, 1.807) is 0 Å². The van der Waals surface area contributed by atoms with Crippen LogP contribution in [0.3, 0.4) is 0 Å². The molecule has 0 bridgehead atoms. The van der Waals surface area contributed by atoms with Gasteiger partial charge in [0, 0.05) is 19.3 Å². The third kappa shape index (κ3) is 5.44. The van der Waals surface area contributed by atoms with Gasteiger partial charge in [-0.1, -0.05) is 0 Å². The first-order chi connectivity index (χ1) is 7.91. The first-order valence-electron chi connectivity index (χ1n) is 5.47. The van der Waals surface area contributed by atoms with Gasteiger partial charge in [-0.15, -0.1) is 0 Å². The second-order valence-electron chi connectivity index (χ2n) is 4.06. The number of nitrogens with one attached hydrogen (secondary N) is 1. The average Bonchev–Trinajstić information content (AvgIpc) is 2.26. The summed E-state index contributed by atoms with van der Waals surface area (Å²) < 4.78 is 30.9. The van der Waals surface area contributed by atoms with Crippen LogP contribution in [0.4, 0.5) is 0 Å². The number of carboxylic acid groups (broad SMARTS) is 1. The zero-order valence-electron chi connectivity index (χ0n) is 9.46. The lowest BCUT2D eigenvalue weighted by atomic mass is 10.1. The number of aliphatic carboxylic acids is 1. The summed E-state index contributed by atoms with van der Waals surface area (Å²) in [7, 11) is -3.46. The van der Waals surface area contributed by atoms with E-state index in [2.05, 4.69) is 4.72 Å². The molecule has 1 fully saturated rings. The summed E-state index contributed by atoms with van der Waals surface area (Å²) in [6.45, 7) is 1.09. The van der Waals surface area contributed by atoms with Crippen molar-refractivity contribution in [2.75, 3.05) is 19.0 Å². The fraction of sp³-hybridized carbons (Fsp3) is 0.889. The third-order valence-corrected chi connectivity index (χ3v) is 4.05. The minimum Gasteiger partial charge on any atom is -0.480 e. The Morgan fingerprint density at radius 2 is 2.06 bits per heavy atom. The highest BCUT2D eigenvalue weighted by Gasteiger charge is 2.22. The summed E-state index contributed by atoms with van der Waals surface area (Å²) in [6.07, 6.45) is 1.20. The van der Waals surface area contributed by atoms with Gasteiger partial charge in [0.1, 0.15) is 6.04 Å². The lowest BCUT2D eigenvalue weighted by Crippen LogP contribution is -2.41. The first-order valence-corrected chi connectivity index (χ1v) is 7.12. The van der Waals surface area contributed by atoms with Gasteiger partial charge in [0.15, 0.2) is 0 Å². The summed E-state index contributed by atoms with van der Waals surface area (Å²) in [6, 6.07) is -1.25. The minimum absolute atomic E-state index is 0.0894. The molecule has 0 unspecified atom stereocenters. The fourth-order valence-electron chi connectivity index (χ4n) is 1.53. The van der Waals surface area contributed by atoms with E-state index < -0.39 is 22.0 Å². The van der Waals surface area contributed by atoms with E-state index >= 15 is 0 Å². The SMILES string of the molecule is N[C@@H](CCS(=O)(=O)NC1CCOCC1)C(=O)O. The molecule has 1 aliphatic heterocycles. The highest BCUT2D eigenvalue weighted by molar-refractivity contribution is 7.89. The molecule has 0 aromatic rings. The molecule has 0 aromatic carbocycles. The van der Waals surface area contributed by atoms with Gasteiger partial charge in [-0.2, -0.15) is 0 Å². The Morgan fingerprint density at radius 1 is 1.47 bits per heavy atom. The normalized spacial score (nSPS) is 20.1. The molecule has 1 heterocycles. The van der Waals surface area contributed by atoms with E-state index in [-0.39, 0.29) is 18.2 Å². The number of sulfonamides is 1. The monoisotopic (exact) mass is 266 g/mol. The van der Waals surface area contributed by atoms with Gasteiger partial charge < -0.3 is 15.6 Å². The third-order valence-electron chi connectivity index (χ3n) is 2.58. The van der Waals surface area contributed by atoms with Gasteiger partial charge in [-0.3, -0.25) is 4.79 Å². The van der Waals surface area contributed by atoms with Crippen LogP contribution in [0.15, 0.2) is 0 Å². The Morgan fingerprint density at radius 3 is 2.59 bits per heavy atom. The lowest BCUT2D eigenvalue weighted by molar-refractivity contribution is -0.138. The van der Waals surface area contributed by atoms with Gasteiger partial charge in [-0.05, 0) is 19.3 Å². The Hall–Kier alpha value is -0.700. The van der Waals surface area contributed by atoms with Gasteiger partial charge in [0.05, 0.1) is 5.75 Å². The van der Waals surface area contributed by atoms with E-state index in [9.17, 15) is 13.2 Å². The van der Waals surface area contributed by atoms with Crippen LogP contribution in [0.25, 0.3) is 0 Å². The summed E-state index contributed by atoms with van der Waals surface area (Å²) in [5, 5.41) is 8.54. The maximum absolute atomic E-state index is 11.6. The number of carbonyl (C=O) groups is 1. The van der Waals surface area contributed by atoms with Gasteiger partial charge in [-0.25, -0.2) is 13.1 Å². The van der Waals surface area contributed by atoms with E-state index in [0.29, 0.717) is 26.1 Å². The Bertz CT molecular complexity index is 350. The lowest BCUT2D eigenvalue weighted by Gasteiger charge is -2.23. The highest BCUT2D eigenvalue weighted by Crippen LogP contribution is 2.08. The van der Waals surface area contributed by atoms with Crippen LogP contribution in [-0.2, 0) is 19.6 Å². The second kappa shape index (κ2) is 6.29. The van der Waals surface area contributed by atoms with Crippen molar-refractivity contribution in [3.8, 4) is 0 Å². The molecule has 0 aromatic heterocycles. The van der Waals surface area contributed by atoms with Crippen molar-refractivity contribution in [1.29, 1.82) is 0 Å². The molecular formula is C9H18N2O5S. The Balaban J connectivity index is 2.37. The van der Waals surface area contributed by atoms with Crippen LogP contribution in [0.5, 0.6) is 0 Å². The number of carboxylic acids is 1. The van der Waals surface area contributed by atoms with Crippen LogP contribution in [0.2, 0.25) is 0 Å². The van der Waals surface area contributed by atoms with Gasteiger partial charge >= 0.3 is 5.97 Å². The average molecular weight is 266 g/mol. The molecule has 4 N–H and O–H groups in total. The molecule has 1 atom stereocenters. The summed E-state index contributed by atoms with van der Waals surface area (Å²) >= 11 is 0.